The van der Waals surface area contributed by atoms with Crippen molar-refractivity contribution in [2.45, 2.75) is 44.8 Å². The zero-order valence-corrected chi connectivity index (χ0v) is 16.2. The number of benzene rings is 1. The van der Waals surface area contributed by atoms with E-state index in [1.54, 1.807) is 0 Å². The Balaban J connectivity index is 1.23. The van der Waals surface area contributed by atoms with E-state index >= 15 is 0 Å². The summed E-state index contributed by atoms with van der Waals surface area (Å²) in [7, 11) is 0. The molecule has 2 amide bonds. The predicted molar refractivity (Wildman–Crippen MR) is 104 cm³/mol. The quantitative estimate of drug-likeness (QED) is 0.835. The topological polar surface area (TPSA) is 55.9 Å². The lowest BCUT2D eigenvalue weighted by Gasteiger charge is -2.38. The van der Waals surface area contributed by atoms with Gasteiger partial charge in [0.25, 0.3) is 0 Å². The third kappa shape index (κ3) is 4.50. The molecule has 4 rings (SSSR count). The highest BCUT2D eigenvalue weighted by atomic mass is 16.2. The largest absolute Gasteiger partial charge is 0.352 e. The molecule has 1 aromatic rings. The molecule has 146 valence electrons. The first kappa shape index (κ1) is 18.4. The van der Waals surface area contributed by atoms with Crippen molar-refractivity contribution in [3.8, 4) is 0 Å². The standard InChI is InChI=1S/C21H30N4O2/c1-16(21(27)22-19-6-7-19)24-12-10-23(11-13-24)15-20(26)25-9-8-17-4-2-3-5-18(17)14-25/h2-5,16,19H,6-15H2,1H3,(H,22,27)/t16-/m0/s1. The Morgan fingerprint density at radius 3 is 2.48 bits per heavy atom. The lowest BCUT2D eigenvalue weighted by Crippen LogP contribution is -2.55. The first-order valence-corrected chi connectivity index (χ1v) is 10.2. The van der Waals surface area contributed by atoms with Gasteiger partial charge >= 0.3 is 0 Å². The third-order valence-electron chi connectivity index (χ3n) is 6.10. The Morgan fingerprint density at radius 1 is 1.07 bits per heavy atom. The number of carbonyl (C=O) groups excluding carboxylic acids is 2. The molecule has 27 heavy (non-hydrogen) atoms. The van der Waals surface area contributed by atoms with Gasteiger partial charge in [-0.05, 0) is 37.3 Å². The van der Waals surface area contributed by atoms with Crippen molar-refractivity contribution in [2.75, 3.05) is 39.3 Å². The number of nitrogens with zero attached hydrogens (tertiary/aromatic N) is 3. The van der Waals surface area contributed by atoms with Gasteiger partial charge in [0.2, 0.25) is 11.8 Å². The third-order valence-corrected chi connectivity index (χ3v) is 6.10. The van der Waals surface area contributed by atoms with Crippen LogP contribution in [0, 0.1) is 0 Å². The fourth-order valence-corrected chi connectivity index (χ4v) is 4.02. The second-order valence-electron chi connectivity index (χ2n) is 8.10. The molecule has 1 saturated heterocycles. The molecule has 1 aliphatic carbocycles. The molecule has 0 radical (unpaired) electrons. The highest BCUT2D eigenvalue weighted by Crippen LogP contribution is 2.20. The molecule has 2 fully saturated rings. The van der Waals surface area contributed by atoms with Crippen LogP contribution in [0.3, 0.4) is 0 Å². The maximum Gasteiger partial charge on any atom is 0.237 e. The molecule has 1 N–H and O–H groups in total. The van der Waals surface area contributed by atoms with Crippen molar-refractivity contribution in [2.24, 2.45) is 0 Å². The van der Waals surface area contributed by atoms with Crippen molar-refractivity contribution in [3.05, 3.63) is 35.4 Å². The smallest absolute Gasteiger partial charge is 0.237 e. The summed E-state index contributed by atoms with van der Waals surface area (Å²) in [5.74, 6) is 0.367. The fraction of sp³-hybridized carbons (Fsp3) is 0.619. The van der Waals surface area contributed by atoms with Crippen LogP contribution >= 0.6 is 0 Å². The fourth-order valence-electron chi connectivity index (χ4n) is 4.02. The molecule has 6 nitrogen and oxygen atoms in total. The highest BCUT2D eigenvalue weighted by Gasteiger charge is 2.31. The van der Waals surface area contributed by atoms with Gasteiger partial charge in [0, 0.05) is 45.3 Å². The lowest BCUT2D eigenvalue weighted by atomic mass is 10.00. The van der Waals surface area contributed by atoms with Crippen LogP contribution in [0.15, 0.2) is 24.3 Å². The number of hydrogen-bond donors (Lipinski definition) is 1. The molecule has 1 atom stereocenters. The Morgan fingerprint density at radius 2 is 1.78 bits per heavy atom. The Kier molecular flexibility index (Phi) is 5.45. The average Bonchev–Trinajstić information content (AvgIpc) is 3.51. The van der Waals surface area contributed by atoms with Gasteiger partial charge in [-0.2, -0.15) is 0 Å². The summed E-state index contributed by atoms with van der Waals surface area (Å²) in [6, 6.07) is 8.74. The number of carbonyl (C=O) groups is 2. The van der Waals surface area contributed by atoms with Crippen LogP contribution in [0.25, 0.3) is 0 Å². The van der Waals surface area contributed by atoms with E-state index < -0.39 is 0 Å². The second kappa shape index (κ2) is 7.98. The van der Waals surface area contributed by atoms with Crippen LogP contribution in [0.5, 0.6) is 0 Å². The maximum atomic E-state index is 12.7. The normalized spacial score (nSPS) is 22.2. The first-order valence-electron chi connectivity index (χ1n) is 10.2. The molecule has 2 aliphatic heterocycles. The van der Waals surface area contributed by atoms with E-state index in [9.17, 15) is 9.59 Å². The van der Waals surface area contributed by atoms with E-state index in [0.29, 0.717) is 12.6 Å². The number of fused-ring (bicyclic) bond motifs is 1. The summed E-state index contributed by atoms with van der Waals surface area (Å²) in [6.45, 7) is 7.39. The zero-order chi connectivity index (χ0) is 18.8. The van der Waals surface area contributed by atoms with Gasteiger partial charge in [-0.1, -0.05) is 24.3 Å². The minimum absolute atomic E-state index is 0.0814. The average molecular weight is 370 g/mol. The SMILES string of the molecule is C[C@@H](C(=O)NC1CC1)N1CCN(CC(=O)N2CCc3ccccc3C2)CC1. The van der Waals surface area contributed by atoms with Gasteiger partial charge in [-0.25, -0.2) is 0 Å². The number of amides is 2. The zero-order valence-electron chi connectivity index (χ0n) is 16.2. The molecule has 0 bridgehead atoms. The van der Waals surface area contributed by atoms with Crippen LogP contribution in [0.4, 0.5) is 0 Å². The summed E-state index contributed by atoms with van der Waals surface area (Å²) in [6.07, 6.45) is 3.19. The molecular formula is C21H30N4O2. The van der Waals surface area contributed by atoms with Crippen LogP contribution in [0.2, 0.25) is 0 Å². The van der Waals surface area contributed by atoms with Crippen LogP contribution in [-0.4, -0.2) is 77.9 Å². The van der Waals surface area contributed by atoms with Gasteiger partial charge < -0.3 is 10.2 Å². The van der Waals surface area contributed by atoms with E-state index in [1.165, 1.54) is 11.1 Å². The highest BCUT2D eigenvalue weighted by molar-refractivity contribution is 5.82. The predicted octanol–water partition coefficient (Wildman–Crippen LogP) is 0.856. The summed E-state index contributed by atoms with van der Waals surface area (Å²) >= 11 is 0. The van der Waals surface area contributed by atoms with Crippen molar-refractivity contribution in [1.82, 2.24) is 20.0 Å². The van der Waals surface area contributed by atoms with Crippen LogP contribution in [0.1, 0.15) is 30.9 Å². The summed E-state index contributed by atoms with van der Waals surface area (Å²) in [5.41, 5.74) is 2.64. The lowest BCUT2D eigenvalue weighted by molar-refractivity contribution is -0.134. The van der Waals surface area contributed by atoms with Gasteiger partial charge in [0.05, 0.1) is 12.6 Å². The molecular weight excluding hydrogens is 340 g/mol. The number of nitrogens with one attached hydrogen (secondary N) is 1. The number of rotatable bonds is 5. The van der Waals surface area contributed by atoms with Gasteiger partial charge in [0.1, 0.15) is 0 Å². The minimum Gasteiger partial charge on any atom is -0.352 e. The van der Waals surface area contributed by atoms with Crippen molar-refractivity contribution in [3.63, 3.8) is 0 Å². The van der Waals surface area contributed by atoms with E-state index in [1.807, 2.05) is 17.9 Å². The van der Waals surface area contributed by atoms with Crippen molar-refractivity contribution in [1.29, 1.82) is 0 Å². The second-order valence-corrected chi connectivity index (χ2v) is 8.10. The van der Waals surface area contributed by atoms with Crippen LogP contribution in [-0.2, 0) is 22.6 Å². The number of piperazine rings is 1. The van der Waals surface area contributed by atoms with E-state index in [-0.39, 0.29) is 17.9 Å². The van der Waals surface area contributed by atoms with Crippen molar-refractivity contribution < 1.29 is 9.59 Å². The van der Waals surface area contributed by atoms with Gasteiger partial charge in [0.15, 0.2) is 0 Å². The molecule has 0 unspecified atom stereocenters. The molecule has 2 heterocycles. The van der Waals surface area contributed by atoms with Gasteiger partial charge in [-0.3, -0.25) is 19.4 Å². The van der Waals surface area contributed by atoms with E-state index in [2.05, 4.69) is 33.3 Å². The minimum atomic E-state index is -0.0814. The summed E-state index contributed by atoms with van der Waals surface area (Å²) < 4.78 is 0. The Hall–Kier alpha value is -1.92. The van der Waals surface area contributed by atoms with E-state index in [4.69, 9.17) is 0 Å². The monoisotopic (exact) mass is 370 g/mol. The van der Waals surface area contributed by atoms with E-state index in [0.717, 1.165) is 58.5 Å². The summed E-state index contributed by atoms with van der Waals surface area (Å²) in [5, 5.41) is 3.09. The Labute approximate surface area is 161 Å². The van der Waals surface area contributed by atoms with Crippen LogP contribution < -0.4 is 5.32 Å². The maximum absolute atomic E-state index is 12.7. The molecule has 1 aromatic carbocycles. The number of hydrogen-bond acceptors (Lipinski definition) is 4. The Bertz CT molecular complexity index is 695. The van der Waals surface area contributed by atoms with Crippen molar-refractivity contribution >= 4 is 11.8 Å². The van der Waals surface area contributed by atoms with Gasteiger partial charge in [-0.15, -0.1) is 0 Å². The molecule has 6 heteroatoms. The molecule has 0 spiro atoms. The summed E-state index contributed by atoms with van der Waals surface area (Å²) in [4.78, 5) is 31.4. The molecule has 0 aromatic heterocycles. The molecule has 3 aliphatic rings. The first-order chi connectivity index (χ1) is 13.1. The molecule has 1 saturated carbocycles.